The topological polar surface area (TPSA) is 71.3 Å². The van der Waals surface area contributed by atoms with Crippen LogP contribution in [0, 0.1) is 0 Å². The van der Waals surface area contributed by atoms with Gasteiger partial charge in [-0.2, -0.15) is 0 Å². The van der Waals surface area contributed by atoms with Crippen LogP contribution in [-0.4, -0.2) is 30.2 Å². The first kappa shape index (κ1) is 14.1. The van der Waals surface area contributed by atoms with Crippen LogP contribution in [0.5, 0.6) is 0 Å². The second-order valence-corrected chi connectivity index (χ2v) is 19.2. The summed E-state index contributed by atoms with van der Waals surface area (Å²) in [4.78, 5) is 29.4. The molecule has 1 aromatic heterocycles. The Morgan fingerprint density at radius 2 is 1.94 bits per heavy atom. The number of nitrogens with one attached hydrogen (secondary N) is 2. The summed E-state index contributed by atoms with van der Waals surface area (Å²) in [6.07, 6.45) is 1.85. The van der Waals surface area contributed by atoms with Crippen molar-refractivity contribution in [3.63, 3.8) is 0 Å². The van der Waals surface area contributed by atoms with Crippen LogP contribution in [-0.2, 0) is 4.79 Å². The Hall–Kier alpha value is -0.981. The summed E-state index contributed by atoms with van der Waals surface area (Å²) >= 11 is -2.35. The fourth-order valence-corrected chi connectivity index (χ4v) is 5.40. The molecule has 0 aliphatic carbocycles. The molecule has 6 heteroatoms. The van der Waals surface area contributed by atoms with Gasteiger partial charge in [0, 0.05) is 0 Å². The molecule has 2 amide bonds. The molecule has 0 spiro atoms. The zero-order chi connectivity index (χ0) is 13.1. The molecular formula is C11H18N2O3Sn. The minimum absolute atomic E-state index is 0.231. The van der Waals surface area contributed by atoms with E-state index in [1.807, 2.05) is 6.07 Å². The summed E-state index contributed by atoms with van der Waals surface area (Å²) in [6, 6.07) is 1.85. The van der Waals surface area contributed by atoms with Gasteiger partial charge >= 0.3 is 105 Å². The van der Waals surface area contributed by atoms with Gasteiger partial charge in [-0.25, -0.2) is 0 Å². The molecule has 1 heterocycles. The van der Waals surface area contributed by atoms with Gasteiger partial charge in [0.1, 0.15) is 0 Å². The van der Waals surface area contributed by atoms with Crippen LogP contribution in [0.15, 0.2) is 16.7 Å². The fourth-order valence-electron chi connectivity index (χ4n) is 1.35. The molecule has 0 saturated carbocycles. The van der Waals surface area contributed by atoms with Crippen molar-refractivity contribution in [2.45, 2.75) is 28.2 Å². The van der Waals surface area contributed by atoms with Gasteiger partial charge in [-0.15, -0.1) is 0 Å². The maximum atomic E-state index is 11.8. The Morgan fingerprint density at radius 1 is 1.29 bits per heavy atom. The maximum absolute atomic E-state index is 11.8. The van der Waals surface area contributed by atoms with E-state index in [-0.39, 0.29) is 5.91 Å². The second kappa shape index (κ2) is 5.57. The first-order valence-electron chi connectivity index (χ1n) is 5.53. The van der Waals surface area contributed by atoms with Crippen molar-refractivity contribution in [2.24, 2.45) is 0 Å². The zero-order valence-electron chi connectivity index (χ0n) is 10.6. The fraction of sp³-hybridized carbons (Fsp3) is 0.455. The van der Waals surface area contributed by atoms with E-state index >= 15 is 0 Å². The van der Waals surface area contributed by atoms with Gasteiger partial charge < -0.3 is 0 Å². The Balaban J connectivity index is 2.77. The zero-order valence-corrected chi connectivity index (χ0v) is 13.4. The predicted molar refractivity (Wildman–Crippen MR) is 67.6 cm³/mol. The molecule has 94 valence electrons. The van der Waals surface area contributed by atoms with Crippen molar-refractivity contribution in [3.05, 3.63) is 18.1 Å². The molecule has 0 aliphatic heterocycles. The monoisotopic (exact) mass is 346 g/mol. The summed E-state index contributed by atoms with van der Waals surface area (Å²) in [7, 11) is 0. The third-order valence-corrected chi connectivity index (χ3v) is 8.05. The molecule has 17 heavy (non-hydrogen) atoms. The number of furan rings is 1. The van der Waals surface area contributed by atoms with Crippen molar-refractivity contribution in [2.75, 3.05) is 0 Å². The molecule has 0 atom stereocenters. The van der Waals surface area contributed by atoms with Crippen LogP contribution in [0.1, 0.15) is 23.9 Å². The quantitative estimate of drug-likeness (QED) is 0.634. The first-order chi connectivity index (χ1) is 7.86. The van der Waals surface area contributed by atoms with Gasteiger partial charge in [0.15, 0.2) is 0 Å². The van der Waals surface area contributed by atoms with E-state index in [0.717, 1.165) is 3.58 Å². The van der Waals surface area contributed by atoms with Gasteiger partial charge in [0.05, 0.1) is 0 Å². The van der Waals surface area contributed by atoms with Gasteiger partial charge in [-0.05, 0) is 0 Å². The standard InChI is InChI=1S/C8H9N2O3.3CH3.Sn/c1-2-7(11)9-10-8(12)6-4-3-5-13-6;;;;/h3,5H,2H2,1H3,(H,9,11)(H,10,12);3*1H3;. The van der Waals surface area contributed by atoms with E-state index in [2.05, 4.69) is 25.7 Å². The summed E-state index contributed by atoms with van der Waals surface area (Å²) in [6.45, 7) is 1.71. The molecule has 1 aromatic rings. The molecule has 5 nitrogen and oxygen atoms in total. The van der Waals surface area contributed by atoms with E-state index < -0.39 is 24.3 Å². The Bertz CT molecular complexity index is 421. The van der Waals surface area contributed by atoms with Gasteiger partial charge in [0.2, 0.25) is 0 Å². The first-order valence-corrected chi connectivity index (χ1v) is 15.5. The number of hydrogen-bond donors (Lipinski definition) is 2. The minimum atomic E-state index is -2.35. The van der Waals surface area contributed by atoms with Crippen LogP contribution in [0.3, 0.4) is 0 Å². The number of hydrazine groups is 1. The summed E-state index contributed by atoms with van der Waals surface area (Å²) in [5.41, 5.74) is 4.67. The molecule has 0 unspecified atom stereocenters. The van der Waals surface area contributed by atoms with Crippen molar-refractivity contribution in [3.8, 4) is 0 Å². The Labute approximate surface area is 105 Å². The number of carbonyl (C=O) groups excluding carboxylic acids is 2. The molecular weight excluding hydrogens is 327 g/mol. The molecule has 0 bridgehead atoms. The molecule has 0 aromatic carbocycles. The average molecular weight is 345 g/mol. The van der Waals surface area contributed by atoms with E-state index in [0.29, 0.717) is 12.2 Å². The van der Waals surface area contributed by atoms with Crippen LogP contribution in [0.25, 0.3) is 0 Å². The molecule has 0 fully saturated rings. The molecule has 0 radical (unpaired) electrons. The normalized spacial score (nSPS) is 11.1. The van der Waals surface area contributed by atoms with Crippen molar-refractivity contribution < 1.29 is 14.0 Å². The van der Waals surface area contributed by atoms with Crippen molar-refractivity contribution >= 4 is 33.8 Å². The second-order valence-electron chi connectivity index (χ2n) is 4.77. The summed E-state index contributed by atoms with van der Waals surface area (Å²) < 4.78 is 6.22. The van der Waals surface area contributed by atoms with Gasteiger partial charge in [-0.3, -0.25) is 0 Å². The third-order valence-electron chi connectivity index (χ3n) is 2.32. The van der Waals surface area contributed by atoms with Crippen molar-refractivity contribution in [1.82, 2.24) is 10.9 Å². The van der Waals surface area contributed by atoms with Gasteiger partial charge in [-0.1, -0.05) is 0 Å². The van der Waals surface area contributed by atoms with Crippen LogP contribution < -0.4 is 14.4 Å². The molecule has 0 aliphatic rings. The predicted octanol–water partition coefficient (Wildman–Crippen LogP) is 0.996. The summed E-state index contributed by atoms with van der Waals surface area (Å²) in [5, 5.41) is 0. The molecule has 0 saturated heterocycles. The van der Waals surface area contributed by atoms with Crippen LogP contribution in [0.2, 0.25) is 14.8 Å². The third kappa shape index (κ3) is 3.76. The van der Waals surface area contributed by atoms with Crippen LogP contribution in [0.4, 0.5) is 0 Å². The summed E-state index contributed by atoms with van der Waals surface area (Å²) in [5.74, 6) is -0.297. The van der Waals surface area contributed by atoms with Crippen molar-refractivity contribution in [1.29, 1.82) is 0 Å². The van der Waals surface area contributed by atoms with E-state index in [9.17, 15) is 9.59 Å². The Morgan fingerprint density at radius 3 is 2.47 bits per heavy atom. The van der Waals surface area contributed by atoms with E-state index in [4.69, 9.17) is 4.42 Å². The average Bonchev–Trinajstić information content (AvgIpc) is 2.73. The molecule has 2 N–H and O–H groups in total. The number of amides is 2. The molecule has 1 rings (SSSR count). The number of hydrogen-bond acceptors (Lipinski definition) is 3. The van der Waals surface area contributed by atoms with E-state index in [1.54, 1.807) is 6.92 Å². The van der Waals surface area contributed by atoms with Crippen LogP contribution >= 0.6 is 0 Å². The Kier molecular flexibility index (Phi) is 4.61. The number of rotatable bonds is 3. The number of carbonyl (C=O) groups is 2. The van der Waals surface area contributed by atoms with E-state index in [1.165, 1.54) is 6.26 Å². The van der Waals surface area contributed by atoms with Gasteiger partial charge in [0.25, 0.3) is 0 Å². The SMILES string of the molecule is CCC(=O)NNC(=O)c1occ[c]1[Sn]([CH3])([CH3])[CH3].